The second-order valence-corrected chi connectivity index (χ2v) is 3.47. The topological polar surface area (TPSA) is 3.24 Å². The maximum absolute atomic E-state index is 3.62. The van der Waals surface area contributed by atoms with Crippen molar-refractivity contribution in [3.05, 3.63) is 73.3 Å². The Bertz CT molecular complexity index is 492. The first-order valence-electron chi connectivity index (χ1n) is 5.44. The van der Waals surface area contributed by atoms with Crippen molar-refractivity contribution in [3.8, 4) is 12.0 Å². The molecule has 1 heteroatoms. The summed E-state index contributed by atoms with van der Waals surface area (Å²) in [7, 11) is 0. The summed E-state index contributed by atoms with van der Waals surface area (Å²) < 4.78 is 0. The molecule has 0 heterocycles. The molecule has 0 saturated heterocycles. The Balaban J connectivity index is 2.43. The van der Waals surface area contributed by atoms with Gasteiger partial charge in [0.05, 0.1) is 11.4 Å². The monoisotopic (exact) mass is 219 g/mol. The number of hydrogen-bond donors (Lipinski definition) is 0. The summed E-state index contributed by atoms with van der Waals surface area (Å²) in [6.45, 7) is 3.62. The van der Waals surface area contributed by atoms with E-state index in [1.54, 1.807) is 6.08 Å². The van der Waals surface area contributed by atoms with E-state index in [1.165, 1.54) is 0 Å². The number of para-hydroxylation sites is 2. The molecule has 0 radical (unpaired) electrons. The van der Waals surface area contributed by atoms with Crippen LogP contribution in [0.4, 0.5) is 11.4 Å². The van der Waals surface area contributed by atoms with Gasteiger partial charge >= 0.3 is 0 Å². The quantitative estimate of drug-likeness (QED) is 0.545. The Morgan fingerprint density at radius 2 is 1.29 bits per heavy atom. The lowest BCUT2D eigenvalue weighted by Crippen LogP contribution is -2.08. The Labute approximate surface area is 102 Å². The number of hydrogen-bond acceptors (Lipinski definition) is 1. The summed E-state index contributed by atoms with van der Waals surface area (Å²) in [6.07, 6.45) is 1.60. The molecule has 1 nitrogen and oxygen atoms in total. The average molecular weight is 219 g/mol. The number of nitrogens with zero attached hydrogens (tertiary/aromatic N) is 1. The van der Waals surface area contributed by atoms with Crippen LogP contribution in [0.1, 0.15) is 0 Å². The van der Waals surface area contributed by atoms with Crippen LogP contribution in [0.3, 0.4) is 0 Å². The predicted octanol–water partition coefficient (Wildman–Crippen LogP) is 3.97. The molecule has 0 spiro atoms. The maximum atomic E-state index is 3.62. The third-order valence-electron chi connectivity index (χ3n) is 2.31. The smallest absolute Gasteiger partial charge is 0.0545 e. The zero-order chi connectivity index (χ0) is 11.9. The summed E-state index contributed by atoms with van der Waals surface area (Å²) in [5.41, 5.74) is 2.10. The van der Waals surface area contributed by atoms with E-state index in [0.29, 0.717) is 0 Å². The third-order valence-corrected chi connectivity index (χ3v) is 2.31. The third kappa shape index (κ3) is 2.76. The van der Waals surface area contributed by atoms with E-state index in [9.17, 15) is 0 Å². The molecule has 0 aliphatic carbocycles. The van der Waals surface area contributed by atoms with E-state index in [4.69, 9.17) is 0 Å². The van der Waals surface area contributed by atoms with E-state index in [1.807, 2.05) is 65.6 Å². The fraction of sp³-hybridized carbons (Fsp3) is 0. The Hall–Kier alpha value is -2.46. The van der Waals surface area contributed by atoms with Crippen molar-refractivity contribution >= 4 is 11.4 Å². The van der Waals surface area contributed by atoms with Crippen LogP contribution in [0.2, 0.25) is 0 Å². The zero-order valence-corrected chi connectivity index (χ0v) is 9.51. The second kappa shape index (κ2) is 5.58. The van der Waals surface area contributed by atoms with Gasteiger partial charge in [0.25, 0.3) is 0 Å². The van der Waals surface area contributed by atoms with Crippen LogP contribution >= 0.6 is 0 Å². The molecular weight excluding hydrogens is 206 g/mol. The highest BCUT2D eigenvalue weighted by molar-refractivity contribution is 5.68. The summed E-state index contributed by atoms with van der Waals surface area (Å²) >= 11 is 0. The van der Waals surface area contributed by atoms with Crippen molar-refractivity contribution in [3.63, 3.8) is 0 Å². The highest BCUT2D eigenvalue weighted by Gasteiger charge is 2.04. The van der Waals surface area contributed by atoms with Crippen molar-refractivity contribution < 1.29 is 0 Å². The lowest BCUT2D eigenvalue weighted by Gasteiger charge is -2.17. The Morgan fingerprint density at radius 1 is 0.824 bits per heavy atom. The van der Waals surface area contributed by atoms with Crippen molar-refractivity contribution in [2.45, 2.75) is 0 Å². The molecule has 0 aromatic heterocycles. The van der Waals surface area contributed by atoms with Gasteiger partial charge in [0, 0.05) is 6.04 Å². The molecule has 2 aromatic rings. The average Bonchev–Trinajstić information content (AvgIpc) is 2.42. The van der Waals surface area contributed by atoms with Gasteiger partial charge in [0.15, 0.2) is 0 Å². The molecule has 2 aromatic carbocycles. The van der Waals surface area contributed by atoms with E-state index < -0.39 is 0 Å². The van der Waals surface area contributed by atoms with Crippen molar-refractivity contribution in [1.82, 2.24) is 0 Å². The van der Waals surface area contributed by atoms with Crippen LogP contribution in [0.15, 0.2) is 73.3 Å². The van der Waals surface area contributed by atoms with Crippen LogP contribution in [0.5, 0.6) is 0 Å². The molecule has 0 N–H and O–H groups in total. The van der Waals surface area contributed by atoms with Gasteiger partial charge in [-0.05, 0) is 30.3 Å². The molecule has 17 heavy (non-hydrogen) atoms. The number of anilines is 2. The summed E-state index contributed by atoms with van der Waals surface area (Å²) in [4.78, 5) is 1.95. The maximum Gasteiger partial charge on any atom is 0.0545 e. The molecular formula is C16H13N. The highest BCUT2D eigenvalue weighted by Crippen LogP contribution is 2.23. The first-order valence-corrected chi connectivity index (χ1v) is 5.44. The standard InChI is InChI=1S/C16H13N/c1-2-3-14-17(15-10-6-4-7-11-15)16-12-8-5-9-13-16/h2,4-13H,1H2. The molecule has 0 atom stereocenters. The summed E-state index contributed by atoms with van der Waals surface area (Å²) in [6, 6.07) is 23.2. The lowest BCUT2D eigenvalue weighted by atomic mass is 10.2. The SMILES string of the molecule is C=CC#CN(c1ccccc1)c1ccccc1. The number of rotatable bonds is 2. The van der Waals surface area contributed by atoms with Gasteiger partial charge in [-0.1, -0.05) is 48.9 Å². The van der Waals surface area contributed by atoms with Crippen LogP contribution in [-0.4, -0.2) is 0 Å². The highest BCUT2D eigenvalue weighted by atomic mass is 15.1. The Morgan fingerprint density at radius 3 is 1.71 bits per heavy atom. The van der Waals surface area contributed by atoms with E-state index in [0.717, 1.165) is 11.4 Å². The zero-order valence-electron chi connectivity index (χ0n) is 9.51. The minimum Gasteiger partial charge on any atom is -0.270 e. The van der Waals surface area contributed by atoms with E-state index in [-0.39, 0.29) is 0 Å². The molecule has 0 fully saturated rings. The van der Waals surface area contributed by atoms with Crippen molar-refractivity contribution in [2.75, 3.05) is 4.90 Å². The minimum absolute atomic E-state index is 1.05. The normalized spacial score (nSPS) is 8.94. The van der Waals surface area contributed by atoms with Gasteiger partial charge in [-0.3, -0.25) is 4.90 Å². The minimum atomic E-state index is 1.05. The van der Waals surface area contributed by atoms with Gasteiger partial charge in [-0.15, -0.1) is 0 Å². The fourth-order valence-corrected chi connectivity index (χ4v) is 1.54. The number of benzene rings is 2. The van der Waals surface area contributed by atoms with Gasteiger partial charge in [-0.2, -0.15) is 0 Å². The molecule has 0 unspecified atom stereocenters. The fourth-order valence-electron chi connectivity index (χ4n) is 1.54. The molecule has 2 rings (SSSR count). The Kier molecular flexibility index (Phi) is 3.62. The van der Waals surface area contributed by atoms with Gasteiger partial charge in [0.1, 0.15) is 0 Å². The van der Waals surface area contributed by atoms with Gasteiger partial charge < -0.3 is 0 Å². The summed E-state index contributed by atoms with van der Waals surface area (Å²) in [5.74, 6) is 2.89. The van der Waals surface area contributed by atoms with Gasteiger partial charge in [-0.25, -0.2) is 0 Å². The largest absolute Gasteiger partial charge is 0.270 e. The molecule has 0 aliphatic heterocycles. The molecule has 82 valence electrons. The number of allylic oxidation sites excluding steroid dienone is 1. The lowest BCUT2D eigenvalue weighted by molar-refractivity contribution is 1.33. The first kappa shape index (κ1) is 11.0. The van der Waals surface area contributed by atoms with Gasteiger partial charge in [0.2, 0.25) is 0 Å². The van der Waals surface area contributed by atoms with Crippen molar-refractivity contribution in [1.29, 1.82) is 0 Å². The van der Waals surface area contributed by atoms with Crippen LogP contribution in [0, 0.1) is 12.0 Å². The molecule has 0 amide bonds. The van der Waals surface area contributed by atoms with Crippen LogP contribution in [0.25, 0.3) is 0 Å². The predicted molar refractivity (Wildman–Crippen MR) is 73.0 cm³/mol. The first-order chi connectivity index (χ1) is 8.42. The molecule has 0 saturated carbocycles. The van der Waals surface area contributed by atoms with Crippen LogP contribution in [-0.2, 0) is 0 Å². The van der Waals surface area contributed by atoms with Crippen molar-refractivity contribution in [2.24, 2.45) is 0 Å². The second-order valence-electron chi connectivity index (χ2n) is 3.47. The summed E-state index contributed by atoms with van der Waals surface area (Å²) in [5, 5.41) is 0. The molecule has 0 bridgehead atoms. The van der Waals surface area contributed by atoms with Crippen LogP contribution < -0.4 is 4.90 Å². The van der Waals surface area contributed by atoms with E-state index >= 15 is 0 Å². The molecule has 0 aliphatic rings. The van der Waals surface area contributed by atoms with E-state index in [2.05, 4.69) is 18.5 Å².